The topological polar surface area (TPSA) is 91.0 Å². The second kappa shape index (κ2) is 3.41. The maximum atomic E-state index is 10.6. The lowest BCUT2D eigenvalue weighted by molar-refractivity contribution is -0.467. The van der Waals surface area contributed by atoms with Crippen molar-refractivity contribution in [1.29, 1.82) is 0 Å². The van der Waals surface area contributed by atoms with Crippen molar-refractivity contribution in [3.63, 3.8) is 0 Å². The Kier molecular flexibility index (Phi) is 2.46. The zero-order valence-corrected chi connectivity index (χ0v) is 8.56. The molecule has 6 heteroatoms. The van der Waals surface area contributed by atoms with E-state index in [9.17, 15) is 4.79 Å². The summed E-state index contributed by atoms with van der Waals surface area (Å²) in [6.45, 7) is 3.53. The van der Waals surface area contributed by atoms with E-state index >= 15 is 0 Å². The third kappa shape index (κ3) is 1.98. The summed E-state index contributed by atoms with van der Waals surface area (Å²) in [6, 6.07) is -1.03. The van der Waals surface area contributed by atoms with Crippen LogP contribution in [-0.4, -0.2) is 42.9 Å². The Morgan fingerprint density at radius 2 is 1.87 bits per heavy atom. The Labute approximate surface area is 87.3 Å². The molecular weight excluding hydrogens is 202 g/mol. The second-order valence-corrected chi connectivity index (χ2v) is 4.51. The van der Waals surface area contributed by atoms with Crippen LogP contribution in [0.25, 0.3) is 0 Å². The van der Waals surface area contributed by atoms with Crippen molar-refractivity contribution in [2.24, 2.45) is 11.1 Å². The van der Waals surface area contributed by atoms with Gasteiger partial charge in [0.2, 0.25) is 0 Å². The van der Waals surface area contributed by atoms with Crippen LogP contribution in [0.15, 0.2) is 0 Å². The molecule has 6 nitrogen and oxygen atoms in total. The van der Waals surface area contributed by atoms with Gasteiger partial charge in [0.1, 0.15) is 6.04 Å². The first kappa shape index (κ1) is 10.8. The van der Waals surface area contributed by atoms with Gasteiger partial charge in [-0.15, -0.1) is 0 Å². The molecule has 2 bridgehead atoms. The third-order valence-corrected chi connectivity index (χ3v) is 2.71. The van der Waals surface area contributed by atoms with Crippen molar-refractivity contribution < 1.29 is 24.1 Å². The van der Waals surface area contributed by atoms with E-state index in [1.165, 1.54) is 0 Å². The van der Waals surface area contributed by atoms with E-state index in [1.807, 2.05) is 6.92 Å². The van der Waals surface area contributed by atoms with E-state index in [4.69, 9.17) is 25.1 Å². The van der Waals surface area contributed by atoms with E-state index in [0.717, 1.165) is 0 Å². The van der Waals surface area contributed by atoms with Crippen molar-refractivity contribution in [2.75, 3.05) is 19.8 Å². The first-order chi connectivity index (χ1) is 6.95. The minimum absolute atomic E-state index is 0.0123. The maximum Gasteiger partial charge on any atom is 0.320 e. The highest BCUT2D eigenvalue weighted by atomic mass is 16.9. The van der Waals surface area contributed by atoms with Gasteiger partial charge >= 0.3 is 5.97 Å². The summed E-state index contributed by atoms with van der Waals surface area (Å²) >= 11 is 0. The predicted molar refractivity (Wildman–Crippen MR) is 48.9 cm³/mol. The van der Waals surface area contributed by atoms with Crippen molar-refractivity contribution in [2.45, 2.75) is 25.4 Å². The molecule has 0 amide bonds. The molecule has 0 aromatic heterocycles. The normalized spacial score (nSPS) is 41.5. The SMILES string of the molecule is CC12COC(CC(N)C(=O)O)(OC1)OC2. The van der Waals surface area contributed by atoms with Gasteiger partial charge in [-0.1, -0.05) is 6.92 Å². The fourth-order valence-electron chi connectivity index (χ4n) is 1.64. The smallest absolute Gasteiger partial charge is 0.320 e. The van der Waals surface area contributed by atoms with E-state index in [1.54, 1.807) is 0 Å². The number of fused-ring (bicyclic) bond motifs is 3. The van der Waals surface area contributed by atoms with E-state index in [2.05, 4.69) is 0 Å². The molecule has 3 rings (SSSR count). The molecule has 3 heterocycles. The monoisotopic (exact) mass is 217 g/mol. The van der Waals surface area contributed by atoms with E-state index < -0.39 is 18.0 Å². The highest BCUT2D eigenvalue weighted by Crippen LogP contribution is 2.39. The van der Waals surface area contributed by atoms with Crippen LogP contribution >= 0.6 is 0 Å². The van der Waals surface area contributed by atoms with Crippen LogP contribution in [0.4, 0.5) is 0 Å². The van der Waals surface area contributed by atoms with Gasteiger partial charge in [0.15, 0.2) is 0 Å². The first-order valence-electron chi connectivity index (χ1n) is 4.85. The largest absolute Gasteiger partial charge is 0.480 e. The molecule has 0 aromatic carbocycles. The van der Waals surface area contributed by atoms with Crippen LogP contribution in [0.1, 0.15) is 13.3 Å². The van der Waals surface area contributed by atoms with Crippen LogP contribution in [0.5, 0.6) is 0 Å². The van der Waals surface area contributed by atoms with Crippen LogP contribution < -0.4 is 5.73 Å². The van der Waals surface area contributed by atoms with Gasteiger partial charge in [0.05, 0.1) is 26.2 Å². The van der Waals surface area contributed by atoms with E-state index in [0.29, 0.717) is 19.8 Å². The van der Waals surface area contributed by atoms with Gasteiger partial charge in [-0.2, -0.15) is 0 Å². The number of hydrogen-bond acceptors (Lipinski definition) is 5. The molecule has 0 radical (unpaired) electrons. The minimum atomic E-state index is -1.24. The van der Waals surface area contributed by atoms with Gasteiger partial charge in [0, 0.05) is 5.41 Å². The molecular formula is C9H15NO5. The molecule has 0 spiro atoms. The summed E-state index contributed by atoms with van der Waals surface area (Å²) in [5.74, 6) is -2.32. The number of ether oxygens (including phenoxy) is 3. The Morgan fingerprint density at radius 1 is 1.40 bits per heavy atom. The molecule has 1 atom stereocenters. The molecule has 0 saturated carbocycles. The number of aliphatic carboxylic acids is 1. The zero-order valence-electron chi connectivity index (χ0n) is 8.56. The standard InChI is InChI=1S/C9H15NO5/c1-8-3-13-9(14-4-8,15-5-8)2-6(10)7(11)12/h6H,2-5,10H2,1H3,(H,11,12). The van der Waals surface area contributed by atoms with E-state index in [-0.39, 0.29) is 11.8 Å². The Bertz CT molecular complexity index is 255. The molecule has 0 aliphatic carbocycles. The van der Waals surface area contributed by atoms with Crippen LogP contribution in [0.2, 0.25) is 0 Å². The number of carboxylic acid groups (broad SMARTS) is 1. The van der Waals surface area contributed by atoms with Crippen molar-refractivity contribution in [1.82, 2.24) is 0 Å². The fourth-order valence-corrected chi connectivity index (χ4v) is 1.64. The molecule has 0 aromatic rings. The summed E-state index contributed by atoms with van der Waals surface area (Å²) in [5, 5.41) is 8.69. The van der Waals surface area contributed by atoms with Crippen LogP contribution in [-0.2, 0) is 19.0 Å². The molecule has 3 fully saturated rings. The van der Waals surface area contributed by atoms with Gasteiger partial charge in [-0.05, 0) is 0 Å². The Morgan fingerprint density at radius 3 is 2.27 bits per heavy atom. The number of carboxylic acids is 1. The summed E-state index contributed by atoms with van der Waals surface area (Å²) in [6.07, 6.45) is 0.0123. The van der Waals surface area contributed by atoms with Crippen molar-refractivity contribution >= 4 is 5.97 Å². The van der Waals surface area contributed by atoms with Crippen LogP contribution in [0, 0.1) is 5.41 Å². The van der Waals surface area contributed by atoms with Crippen molar-refractivity contribution in [3.05, 3.63) is 0 Å². The molecule has 86 valence electrons. The van der Waals surface area contributed by atoms with Gasteiger partial charge in [0.25, 0.3) is 5.97 Å². The fraction of sp³-hybridized carbons (Fsp3) is 0.889. The summed E-state index contributed by atoms with van der Waals surface area (Å²) in [4.78, 5) is 10.6. The molecule has 15 heavy (non-hydrogen) atoms. The number of hydrogen-bond donors (Lipinski definition) is 2. The molecule has 3 aliphatic rings. The minimum Gasteiger partial charge on any atom is -0.480 e. The van der Waals surface area contributed by atoms with Gasteiger partial charge in [-0.25, -0.2) is 0 Å². The first-order valence-corrected chi connectivity index (χ1v) is 4.85. The van der Waals surface area contributed by atoms with Crippen LogP contribution in [0.3, 0.4) is 0 Å². The zero-order chi connectivity index (χ0) is 11.1. The number of carbonyl (C=O) groups is 1. The summed E-state index contributed by atoms with van der Waals surface area (Å²) in [7, 11) is 0. The molecule has 3 saturated heterocycles. The van der Waals surface area contributed by atoms with Gasteiger partial charge in [-0.3, -0.25) is 4.79 Å². The lowest BCUT2D eigenvalue weighted by Crippen LogP contribution is -2.60. The van der Waals surface area contributed by atoms with Gasteiger partial charge < -0.3 is 25.1 Å². The molecule has 3 N–H and O–H groups in total. The third-order valence-electron chi connectivity index (χ3n) is 2.71. The quantitative estimate of drug-likeness (QED) is 0.663. The highest BCUT2D eigenvalue weighted by molar-refractivity contribution is 5.73. The second-order valence-electron chi connectivity index (χ2n) is 4.51. The van der Waals surface area contributed by atoms with Crippen molar-refractivity contribution in [3.8, 4) is 0 Å². The Balaban J connectivity index is 2.00. The lowest BCUT2D eigenvalue weighted by Gasteiger charge is -2.50. The summed E-state index contributed by atoms with van der Waals surface area (Å²) < 4.78 is 16.2. The molecule has 1 unspecified atom stereocenters. The average molecular weight is 217 g/mol. The Hall–Kier alpha value is -0.690. The maximum absolute atomic E-state index is 10.6. The highest BCUT2D eigenvalue weighted by Gasteiger charge is 2.51. The number of rotatable bonds is 3. The molecule has 3 aliphatic heterocycles. The number of nitrogens with two attached hydrogens (primary N) is 1. The average Bonchev–Trinajstić information content (AvgIpc) is 2.20. The lowest BCUT2D eigenvalue weighted by atomic mass is 9.91. The summed E-state index contributed by atoms with van der Waals surface area (Å²) in [5.41, 5.74) is 5.30. The predicted octanol–water partition coefficient (Wildman–Crippen LogP) is -0.474.